The van der Waals surface area contributed by atoms with Crippen LogP contribution in [-0.4, -0.2) is 18.2 Å². The average Bonchev–Trinajstić information content (AvgIpc) is 3.24. The average molecular weight is 298 g/mol. The molecule has 0 aliphatic rings. The minimum Gasteiger partial charge on any atom is -0.497 e. The van der Waals surface area contributed by atoms with Crippen LogP contribution in [0.1, 0.15) is 16.3 Å². The van der Waals surface area contributed by atoms with Crippen molar-refractivity contribution in [3.8, 4) is 17.0 Å². The van der Waals surface area contributed by atoms with Gasteiger partial charge in [-0.1, -0.05) is 17.3 Å². The summed E-state index contributed by atoms with van der Waals surface area (Å²) in [6.45, 7) is 0.293. The first kappa shape index (κ1) is 13.9. The fraction of sp³-hybridized carbons (Fsp3) is 0.125. The van der Waals surface area contributed by atoms with E-state index in [2.05, 4.69) is 10.5 Å². The van der Waals surface area contributed by atoms with E-state index in [1.807, 2.05) is 24.3 Å². The smallest absolute Gasteiger partial charge is 0.290 e. The predicted molar refractivity (Wildman–Crippen MR) is 78.4 cm³/mol. The van der Waals surface area contributed by atoms with Gasteiger partial charge in [0.15, 0.2) is 0 Å². The number of carbonyl (C=O) groups is 1. The maximum Gasteiger partial charge on any atom is 0.290 e. The summed E-state index contributed by atoms with van der Waals surface area (Å²) in [5, 5.41) is 6.61. The number of nitrogens with one attached hydrogen (secondary N) is 1. The van der Waals surface area contributed by atoms with Gasteiger partial charge in [0.1, 0.15) is 17.2 Å². The monoisotopic (exact) mass is 298 g/mol. The van der Waals surface area contributed by atoms with Crippen molar-refractivity contribution in [2.45, 2.75) is 6.54 Å². The summed E-state index contributed by atoms with van der Waals surface area (Å²) in [6.07, 6.45) is 1.55. The van der Waals surface area contributed by atoms with Crippen LogP contribution in [-0.2, 0) is 6.54 Å². The Bertz CT molecular complexity index is 762. The molecule has 1 N–H and O–H groups in total. The highest BCUT2D eigenvalue weighted by Crippen LogP contribution is 2.23. The topological polar surface area (TPSA) is 77.5 Å². The van der Waals surface area contributed by atoms with Crippen LogP contribution in [0.4, 0.5) is 0 Å². The fourth-order valence-electron chi connectivity index (χ4n) is 1.97. The van der Waals surface area contributed by atoms with Crippen LogP contribution in [0.25, 0.3) is 11.3 Å². The van der Waals surface area contributed by atoms with Crippen LogP contribution in [0.15, 0.2) is 57.7 Å². The molecule has 3 rings (SSSR count). The molecule has 0 unspecified atom stereocenters. The summed E-state index contributed by atoms with van der Waals surface area (Å²) < 4.78 is 15.4. The molecule has 3 aromatic rings. The minimum absolute atomic E-state index is 0.143. The van der Waals surface area contributed by atoms with E-state index in [1.54, 1.807) is 31.6 Å². The molecule has 0 aliphatic heterocycles. The second kappa shape index (κ2) is 6.17. The number of furan rings is 1. The van der Waals surface area contributed by atoms with Crippen LogP contribution < -0.4 is 10.1 Å². The third kappa shape index (κ3) is 3.01. The maximum absolute atomic E-state index is 12.0. The number of aromatic nitrogens is 1. The first-order chi connectivity index (χ1) is 10.8. The highest BCUT2D eigenvalue weighted by atomic mass is 16.5. The Labute approximate surface area is 126 Å². The van der Waals surface area contributed by atoms with Gasteiger partial charge < -0.3 is 19.0 Å². The van der Waals surface area contributed by atoms with Crippen molar-refractivity contribution in [1.82, 2.24) is 10.5 Å². The first-order valence-electron chi connectivity index (χ1n) is 6.68. The van der Waals surface area contributed by atoms with Gasteiger partial charge in [-0.05, 0) is 24.3 Å². The molecule has 2 aromatic heterocycles. The number of ether oxygens (including phenoxy) is 1. The lowest BCUT2D eigenvalue weighted by Gasteiger charge is -2.00. The number of methoxy groups -OCH3 is 1. The zero-order chi connectivity index (χ0) is 15.4. The van der Waals surface area contributed by atoms with Crippen molar-refractivity contribution < 1.29 is 18.5 Å². The van der Waals surface area contributed by atoms with Crippen LogP contribution in [0.5, 0.6) is 5.75 Å². The van der Waals surface area contributed by atoms with Gasteiger partial charge in [0.2, 0.25) is 5.76 Å². The van der Waals surface area contributed by atoms with E-state index in [9.17, 15) is 4.79 Å². The number of carbonyl (C=O) groups excluding carboxylic acids is 1. The number of hydrogen-bond donors (Lipinski definition) is 1. The van der Waals surface area contributed by atoms with Crippen LogP contribution in [0.3, 0.4) is 0 Å². The molecule has 0 radical (unpaired) electrons. The summed E-state index contributed by atoms with van der Waals surface area (Å²) in [5.41, 5.74) is 1.38. The van der Waals surface area contributed by atoms with Crippen molar-refractivity contribution in [2.75, 3.05) is 7.11 Å². The molecule has 0 bridgehead atoms. The standard InChI is InChI=1S/C16H14N2O4/c1-20-12-5-2-4-11(8-12)14-9-15(22-18-14)16(19)17-10-13-6-3-7-21-13/h2-9H,10H2,1H3,(H,17,19). The van der Waals surface area contributed by atoms with E-state index in [0.717, 1.165) is 5.56 Å². The Balaban J connectivity index is 1.71. The van der Waals surface area contributed by atoms with Gasteiger partial charge in [0.05, 0.1) is 19.9 Å². The molecule has 1 amide bonds. The zero-order valence-electron chi connectivity index (χ0n) is 11.9. The van der Waals surface area contributed by atoms with Gasteiger partial charge in [0, 0.05) is 11.6 Å². The van der Waals surface area contributed by atoms with Crippen molar-refractivity contribution in [3.63, 3.8) is 0 Å². The quantitative estimate of drug-likeness (QED) is 0.783. The number of benzene rings is 1. The number of hydrogen-bond acceptors (Lipinski definition) is 5. The summed E-state index contributed by atoms with van der Waals surface area (Å²) in [4.78, 5) is 12.0. The van der Waals surface area contributed by atoms with Crippen molar-refractivity contribution in [3.05, 3.63) is 60.2 Å². The molecular weight excluding hydrogens is 284 g/mol. The summed E-state index contributed by atoms with van der Waals surface area (Å²) in [5.74, 6) is 1.17. The van der Waals surface area contributed by atoms with Gasteiger partial charge in [-0.3, -0.25) is 4.79 Å². The van der Waals surface area contributed by atoms with Gasteiger partial charge >= 0.3 is 0 Å². The van der Waals surface area contributed by atoms with E-state index in [-0.39, 0.29) is 11.7 Å². The second-order valence-electron chi connectivity index (χ2n) is 4.57. The Morgan fingerprint density at radius 2 is 2.18 bits per heavy atom. The lowest BCUT2D eigenvalue weighted by atomic mass is 10.1. The first-order valence-corrected chi connectivity index (χ1v) is 6.68. The summed E-state index contributed by atoms with van der Waals surface area (Å²) >= 11 is 0. The summed E-state index contributed by atoms with van der Waals surface area (Å²) in [7, 11) is 1.59. The highest BCUT2D eigenvalue weighted by molar-refractivity contribution is 5.92. The summed E-state index contributed by atoms with van der Waals surface area (Å²) in [6, 6.07) is 12.5. The molecule has 0 spiro atoms. The molecule has 0 saturated carbocycles. The molecule has 0 saturated heterocycles. The normalized spacial score (nSPS) is 10.4. The third-order valence-electron chi connectivity index (χ3n) is 3.10. The largest absolute Gasteiger partial charge is 0.497 e. The molecule has 112 valence electrons. The second-order valence-corrected chi connectivity index (χ2v) is 4.57. The Hall–Kier alpha value is -3.02. The SMILES string of the molecule is COc1cccc(-c2cc(C(=O)NCc3ccco3)on2)c1. The van der Waals surface area contributed by atoms with E-state index in [0.29, 0.717) is 23.7 Å². The number of amides is 1. The van der Waals surface area contributed by atoms with Crippen LogP contribution in [0.2, 0.25) is 0 Å². The third-order valence-corrected chi connectivity index (χ3v) is 3.10. The molecule has 1 aromatic carbocycles. The van der Waals surface area contributed by atoms with Crippen molar-refractivity contribution in [2.24, 2.45) is 0 Å². The van der Waals surface area contributed by atoms with Crippen LogP contribution >= 0.6 is 0 Å². The van der Waals surface area contributed by atoms with Crippen LogP contribution in [0, 0.1) is 0 Å². The minimum atomic E-state index is -0.349. The number of nitrogens with zero attached hydrogens (tertiary/aromatic N) is 1. The number of rotatable bonds is 5. The molecular formula is C16H14N2O4. The molecule has 0 aliphatic carbocycles. The van der Waals surface area contributed by atoms with E-state index in [4.69, 9.17) is 13.7 Å². The molecule has 6 nitrogen and oxygen atoms in total. The maximum atomic E-state index is 12.0. The molecule has 0 fully saturated rings. The fourth-order valence-corrected chi connectivity index (χ4v) is 1.97. The van der Waals surface area contributed by atoms with E-state index >= 15 is 0 Å². The van der Waals surface area contributed by atoms with E-state index < -0.39 is 0 Å². The Morgan fingerprint density at radius 3 is 2.95 bits per heavy atom. The molecule has 6 heteroatoms. The molecule has 2 heterocycles. The lowest BCUT2D eigenvalue weighted by molar-refractivity contribution is 0.0911. The van der Waals surface area contributed by atoms with Gasteiger partial charge in [-0.15, -0.1) is 0 Å². The molecule has 22 heavy (non-hydrogen) atoms. The predicted octanol–water partition coefficient (Wildman–Crippen LogP) is 2.87. The molecule has 0 atom stereocenters. The zero-order valence-corrected chi connectivity index (χ0v) is 11.9. The van der Waals surface area contributed by atoms with Gasteiger partial charge in [-0.25, -0.2) is 0 Å². The lowest BCUT2D eigenvalue weighted by Crippen LogP contribution is -2.21. The highest BCUT2D eigenvalue weighted by Gasteiger charge is 2.14. The van der Waals surface area contributed by atoms with Gasteiger partial charge in [0.25, 0.3) is 5.91 Å². The van der Waals surface area contributed by atoms with Crippen molar-refractivity contribution in [1.29, 1.82) is 0 Å². The van der Waals surface area contributed by atoms with E-state index in [1.165, 1.54) is 0 Å². The van der Waals surface area contributed by atoms with Crippen molar-refractivity contribution >= 4 is 5.91 Å². The van der Waals surface area contributed by atoms with Gasteiger partial charge in [-0.2, -0.15) is 0 Å². The Kier molecular flexibility index (Phi) is 3.91. The Morgan fingerprint density at radius 1 is 1.27 bits per heavy atom.